The Bertz CT molecular complexity index is 559. The van der Waals surface area contributed by atoms with Crippen LogP contribution in [0.15, 0.2) is 24.3 Å². The average Bonchev–Trinajstić information content (AvgIpc) is 2.50. The van der Waals surface area contributed by atoms with Crippen molar-refractivity contribution in [2.75, 3.05) is 13.7 Å². The van der Waals surface area contributed by atoms with E-state index < -0.39 is 23.9 Å². The molecule has 0 fully saturated rings. The van der Waals surface area contributed by atoms with Gasteiger partial charge in [0.1, 0.15) is 12.0 Å². The van der Waals surface area contributed by atoms with Gasteiger partial charge in [-0.15, -0.1) is 0 Å². The standard InChI is InChI=1S/C16H21NO6/c1-16(2,21)15(20)12-6-4-11(5-7-12)8-9-22-23-14(19)10-13(18)17-3/h4-7,21H,8-10H2,1-3H3,(H,17,18). The predicted octanol–water partition coefficient (Wildman–Crippen LogP) is 0.794. The lowest BCUT2D eigenvalue weighted by Gasteiger charge is -2.15. The lowest BCUT2D eigenvalue weighted by Crippen LogP contribution is -2.31. The third-order valence-electron chi connectivity index (χ3n) is 2.98. The fraction of sp³-hybridized carbons (Fsp3) is 0.438. The zero-order valence-corrected chi connectivity index (χ0v) is 13.4. The van der Waals surface area contributed by atoms with E-state index in [-0.39, 0.29) is 12.4 Å². The van der Waals surface area contributed by atoms with Crippen LogP contribution in [0.3, 0.4) is 0 Å². The maximum absolute atomic E-state index is 11.9. The second kappa shape index (κ2) is 8.40. The molecule has 1 aromatic rings. The normalized spacial score (nSPS) is 11.0. The third kappa shape index (κ3) is 6.58. The number of rotatable bonds is 8. The van der Waals surface area contributed by atoms with Crippen LogP contribution < -0.4 is 5.32 Å². The highest BCUT2D eigenvalue weighted by atomic mass is 17.2. The second-order valence-corrected chi connectivity index (χ2v) is 5.46. The Balaban J connectivity index is 2.38. The minimum absolute atomic E-state index is 0.123. The molecule has 0 radical (unpaired) electrons. The van der Waals surface area contributed by atoms with Crippen LogP contribution >= 0.6 is 0 Å². The minimum atomic E-state index is -1.41. The molecule has 0 atom stereocenters. The summed E-state index contributed by atoms with van der Waals surface area (Å²) >= 11 is 0. The number of carbonyl (C=O) groups excluding carboxylic acids is 3. The van der Waals surface area contributed by atoms with E-state index in [1.54, 1.807) is 24.3 Å². The van der Waals surface area contributed by atoms with Gasteiger partial charge in [0.05, 0.1) is 6.61 Å². The highest BCUT2D eigenvalue weighted by Gasteiger charge is 2.24. The summed E-state index contributed by atoms with van der Waals surface area (Å²) in [6.45, 7) is 2.99. The van der Waals surface area contributed by atoms with Gasteiger partial charge in [-0.05, 0) is 25.8 Å². The average molecular weight is 323 g/mol. The second-order valence-electron chi connectivity index (χ2n) is 5.46. The molecule has 1 rings (SSSR count). The maximum atomic E-state index is 11.9. The van der Waals surface area contributed by atoms with Gasteiger partial charge in [-0.25, -0.2) is 4.79 Å². The third-order valence-corrected chi connectivity index (χ3v) is 2.98. The van der Waals surface area contributed by atoms with Gasteiger partial charge in [0.2, 0.25) is 5.91 Å². The number of hydrogen-bond acceptors (Lipinski definition) is 6. The summed E-state index contributed by atoms with van der Waals surface area (Å²) in [6, 6.07) is 6.70. The number of Topliss-reactive ketones (excluding diaryl/α,β-unsaturated/α-hetero) is 1. The van der Waals surface area contributed by atoms with E-state index in [2.05, 4.69) is 10.2 Å². The van der Waals surface area contributed by atoms with E-state index in [9.17, 15) is 19.5 Å². The van der Waals surface area contributed by atoms with Gasteiger partial charge in [-0.3, -0.25) is 14.5 Å². The molecule has 0 aromatic heterocycles. The van der Waals surface area contributed by atoms with Crippen molar-refractivity contribution in [3.05, 3.63) is 35.4 Å². The van der Waals surface area contributed by atoms with Gasteiger partial charge in [-0.2, -0.15) is 4.89 Å². The van der Waals surface area contributed by atoms with E-state index in [1.165, 1.54) is 20.9 Å². The molecule has 0 heterocycles. The largest absolute Gasteiger partial charge is 0.382 e. The van der Waals surface area contributed by atoms with Gasteiger partial charge >= 0.3 is 5.97 Å². The molecule has 7 heteroatoms. The topological polar surface area (TPSA) is 102 Å². The summed E-state index contributed by atoms with van der Waals surface area (Å²) in [5.74, 6) is -1.58. The fourth-order valence-corrected chi connectivity index (χ4v) is 1.69. The van der Waals surface area contributed by atoms with E-state index in [0.29, 0.717) is 12.0 Å². The molecule has 0 aliphatic carbocycles. The molecule has 7 nitrogen and oxygen atoms in total. The van der Waals surface area contributed by atoms with Crippen LogP contribution in [-0.2, 0) is 25.8 Å². The molecule has 0 bridgehead atoms. The first-order valence-electron chi connectivity index (χ1n) is 7.13. The van der Waals surface area contributed by atoms with Crippen molar-refractivity contribution in [1.82, 2.24) is 5.32 Å². The van der Waals surface area contributed by atoms with Gasteiger partial charge in [0, 0.05) is 12.6 Å². The Kier molecular flexibility index (Phi) is 6.87. The van der Waals surface area contributed by atoms with Crippen molar-refractivity contribution in [3.8, 4) is 0 Å². The number of nitrogens with one attached hydrogen (secondary N) is 1. The molecular weight excluding hydrogens is 302 g/mol. The van der Waals surface area contributed by atoms with Gasteiger partial charge < -0.3 is 10.4 Å². The van der Waals surface area contributed by atoms with Crippen LogP contribution in [0.2, 0.25) is 0 Å². The Morgan fingerprint density at radius 1 is 1.17 bits per heavy atom. The summed E-state index contributed by atoms with van der Waals surface area (Å²) in [4.78, 5) is 43.1. The Morgan fingerprint density at radius 3 is 2.30 bits per heavy atom. The zero-order valence-electron chi connectivity index (χ0n) is 13.4. The predicted molar refractivity (Wildman–Crippen MR) is 81.5 cm³/mol. The molecule has 0 aliphatic heterocycles. The van der Waals surface area contributed by atoms with Crippen molar-refractivity contribution in [3.63, 3.8) is 0 Å². The van der Waals surface area contributed by atoms with E-state index in [1.807, 2.05) is 0 Å². The highest BCUT2D eigenvalue weighted by Crippen LogP contribution is 2.13. The van der Waals surface area contributed by atoms with Gasteiger partial charge in [0.25, 0.3) is 0 Å². The van der Waals surface area contributed by atoms with E-state index in [0.717, 1.165) is 5.56 Å². The fourth-order valence-electron chi connectivity index (χ4n) is 1.69. The number of ketones is 1. The number of amides is 1. The van der Waals surface area contributed by atoms with Crippen molar-refractivity contribution >= 4 is 17.7 Å². The molecule has 0 aliphatic rings. The number of carbonyl (C=O) groups is 3. The first-order valence-corrected chi connectivity index (χ1v) is 7.13. The Hall–Kier alpha value is -2.25. The molecule has 126 valence electrons. The molecule has 0 saturated carbocycles. The molecule has 0 saturated heterocycles. The summed E-state index contributed by atoms with van der Waals surface area (Å²) < 4.78 is 0. The molecule has 1 aromatic carbocycles. The lowest BCUT2D eigenvalue weighted by molar-refractivity contribution is -0.271. The zero-order chi connectivity index (χ0) is 17.5. The minimum Gasteiger partial charge on any atom is -0.382 e. The molecule has 0 unspecified atom stereocenters. The molecule has 0 spiro atoms. The molecule has 2 N–H and O–H groups in total. The van der Waals surface area contributed by atoms with Crippen molar-refractivity contribution < 1.29 is 29.3 Å². The molecule has 23 heavy (non-hydrogen) atoms. The smallest absolute Gasteiger partial charge is 0.351 e. The van der Waals surface area contributed by atoms with Gasteiger partial charge in [0.15, 0.2) is 5.78 Å². The summed E-state index contributed by atoms with van der Waals surface area (Å²) in [5, 5.41) is 12.0. The summed E-state index contributed by atoms with van der Waals surface area (Å²) in [6.07, 6.45) is 0.0640. The van der Waals surface area contributed by atoms with Crippen LogP contribution in [0.25, 0.3) is 0 Å². The monoisotopic (exact) mass is 323 g/mol. The quantitative estimate of drug-likeness (QED) is 0.241. The Morgan fingerprint density at radius 2 is 1.78 bits per heavy atom. The maximum Gasteiger partial charge on any atom is 0.351 e. The first kappa shape index (κ1) is 18.8. The number of aliphatic hydroxyl groups is 1. The van der Waals surface area contributed by atoms with Crippen LogP contribution in [-0.4, -0.2) is 42.0 Å². The lowest BCUT2D eigenvalue weighted by atomic mass is 9.96. The molecular formula is C16H21NO6. The Labute approximate surface area is 134 Å². The number of benzene rings is 1. The summed E-state index contributed by atoms with van der Waals surface area (Å²) in [5.41, 5.74) is -0.123. The van der Waals surface area contributed by atoms with Crippen LogP contribution in [0.4, 0.5) is 0 Å². The summed E-state index contributed by atoms with van der Waals surface area (Å²) in [7, 11) is 1.42. The SMILES string of the molecule is CNC(=O)CC(=O)OOCCc1ccc(C(=O)C(C)(C)O)cc1. The van der Waals surface area contributed by atoms with Crippen LogP contribution in [0.5, 0.6) is 0 Å². The van der Waals surface area contributed by atoms with Gasteiger partial charge in [-0.1, -0.05) is 24.3 Å². The number of hydrogen-bond donors (Lipinski definition) is 2. The van der Waals surface area contributed by atoms with Crippen molar-refractivity contribution in [2.24, 2.45) is 0 Å². The first-order chi connectivity index (χ1) is 10.7. The van der Waals surface area contributed by atoms with Crippen molar-refractivity contribution in [1.29, 1.82) is 0 Å². The molecule has 1 amide bonds. The van der Waals surface area contributed by atoms with Crippen LogP contribution in [0.1, 0.15) is 36.2 Å². The van der Waals surface area contributed by atoms with Crippen LogP contribution in [0, 0.1) is 0 Å². The van der Waals surface area contributed by atoms with E-state index in [4.69, 9.17) is 4.89 Å². The van der Waals surface area contributed by atoms with Crippen molar-refractivity contribution in [2.45, 2.75) is 32.3 Å². The van der Waals surface area contributed by atoms with E-state index >= 15 is 0 Å². The highest BCUT2D eigenvalue weighted by molar-refractivity contribution is 6.01.